The summed E-state index contributed by atoms with van der Waals surface area (Å²) in [7, 11) is 2.57. The monoisotopic (exact) mass is 262 g/mol. The van der Waals surface area contributed by atoms with E-state index < -0.39 is 17.7 Å². The predicted molar refractivity (Wildman–Crippen MR) is 60.6 cm³/mol. The normalized spacial score (nSPS) is 12.1. The van der Waals surface area contributed by atoms with Crippen LogP contribution in [-0.4, -0.2) is 25.3 Å². The molecular weight excluding hydrogens is 251 g/mol. The number of carboxylic acid groups (broad SMARTS) is 1. The first-order chi connectivity index (χ1) is 7.93. The molecule has 0 bridgehead atoms. The summed E-state index contributed by atoms with van der Waals surface area (Å²) in [6, 6.07) is 1.23. The molecule has 17 heavy (non-hydrogen) atoms. The molecule has 0 aliphatic rings. The van der Waals surface area contributed by atoms with E-state index in [0.717, 1.165) is 0 Å². The Morgan fingerprint density at radius 2 is 1.94 bits per heavy atom. The molecule has 0 aromatic heterocycles. The fourth-order valence-corrected chi connectivity index (χ4v) is 1.66. The molecule has 0 spiro atoms. The van der Waals surface area contributed by atoms with Crippen molar-refractivity contribution in [3.63, 3.8) is 0 Å². The molecule has 1 unspecified atom stereocenters. The molecule has 0 heterocycles. The van der Waals surface area contributed by atoms with E-state index in [-0.39, 0.29) is 22.1 Å². The van der Waals surface area contributed by atoms with E-state index in [1.165, 1.54) is 27.2 Å². The number of hydrogen-bond donors (Lipinski definition) is 1. The van der Waals surface area contributed by atoms with Crippen LogP contribution in [0.1, 0.15) is 18.4 Å². The Labute approximate surface area is 103 Å². The average molecular weight is 263 g/mol. The van der Waals surface area contributed by atoms with Crippen molar-refractivity contribution in [2.75, 3.05) is 14.2 Å². The zero-order chi connectivity index (χ0) is 13.2. The molecule has 0 aliphatic heterocycles. The van der Waals surface area contributed by atoms with E-state index in [1.807, 2.05) is 0 Å². The van der Waals surface area contributed by atoms with Crippen LogP contribution in [0.5, 0.6) is 11.5 Å². The number of benzene rings is 1. The largest absolute Gasteiger partial charge is 0.492 e. The highest BCUT2D eigenvalue weighted by Crippen LogP contribution is 2.41. The smallest absolute Gasteiger partial charge is 0.310 e. The van der Waals surface area contributed by atoms with Gasteiger partial charge in [0.25, 0.3) is 0 Å². The molecular formula is C11H12ClFO4. The third-order valence-electron chi connectivity index (χ3n) is 2.40. The van der Waals surface area contributed by atoms with Crippen molar-refractivity contribution in [1.82, 2.24) is 0 Å². The Bertz CT molecular complexity index is 448. The Hall–Kier alpha value is -1.49. The summed E-state index contributed by atoms with van der Waals surface area (Å²) in [6.07, 6.45) is 0. The fourth-order valence-electron chi connectivity index (χ4n) is 1.45. The van der Waals surface area contributed by atoms with Gasteiger partial charge in [-0.25, -0.2) is 4.39 Å². The molecule has 0 amide bonds. The second kappa shape index (κ2) is 5.23. The van der Waals surface area contributed by atoms with Crippen LogP contribution >= 0.6 is 11.6 Å². The van der Waals surface area contributed by atoms with Gasteiger partial charge in [0.2, 0.25) is 0 Å². The van der Waals surface area contributed by atoms with Crippen LogP contribution in [0.15, 0.2) is 6.07 Å². The van der Waals surface area contributed by atoms with E-state index in [0.29, 0.717) is 0 Å². The van der Waals surface area contributed by atoms with Crippen molar-refractivity contribution in [3.05, 3.63) is 22.5 Å². The maximum Gasteiger partial charge on any atom is 0.310 e. The van der Waals surface area contributed by atoms with Gasteiger partial charge in [0.05, 0.1) is 25.2 Å². The van der Waals surface area contributed by atoms with E-state index in [2.05, 4.69) is 0 Å². The highest BCUT2D eigenvalue weighted by molar-refractivity contribution is 6.31. The van der Waals surface area contributed by atoms with Crippen LogP contribution in [0.3, 0.4) is 0 Å². The summed E-state index contributed by atoms with van der Waals surface area (Å²) >= 11 is 5.67. The number of hydrogen-bond acceptors (Lipinski definition) is 3. The molecule has 6 heteroatoms. The number of carboxylic acids is 1. The topological polar surface area (TPSA) is 55.8 Å². The molecule has 0 saturated carbocycles. The minimum absolute atomic E-state index is 0.0456. The summed E-state index contributed by atoms with van der Waals surface area (Å²) in [5.74, 6) is -2.86. The summed E-state index contributed by atoms with van der Waals surface area (Å²) in [4.78, 5) is 10.9. The first kappa shape index (κ1) is 13.6. The highest BCUT2D eigenvalue weighted by Gasteiger charge is 2.25. The minimum Gasteiger partial charge on any atom is -0.492 e. The molecule has 1 N–H and O–H groups in total. The Morgan fingerprint density at radius 3 is 2.35 bits per heavy atom. The third kappa shape index (κ3) is 2.44. The Balaban J connectivity index is 3.49. The zero-order valence-corrected chi connectivity index (χ0v) is 10.3. The van der Waals surface area contributed by atoms with Gasteiger partial charge in [-0.1, -0.05) is 11.6 Å². The van der Waals surface area contributed by atoms with Crippen molar-refractivity contribution >= 4 is 17.6 Å². The summed E-state index contributed by atoms with van der Waals surface area (Å²) in [5, 5.41) is 8.74. The van der Waals surface area contributed by atoms with E-state index >= 15 is 0 Å². The highest BCUT2D eigenvalue weighted by atomic mass is 35.5. The van der Waals surface area contributed by atoms with Crippen LogP contribution in [0.2, 0.25) is 5.02 Å². The maximum absolute atomic E-state index is 13.6. The molecule has 4 nitrogen and oxygen atoms in total. The number of rotatable bonds is 4. The number of aliphatic carboxylic acids is 1. The lowest BCUT2D eigenvalue weighted by Crippen LogP contribution is -2.10. The van der Waals surface area contributed by atoms with Crippen LogP contribution in [-0.2, 0) is 4.79 Å². The van der Waals surface area contributed by atoms with Gasteiger partial charge in [0.15, 0.2) is 17.3 Å². The first-order valence-electron chi connectivity index (χ1n) is 4.76. The lowest BCUT2D eigenvalue weighted by Gasteiger charge is -2.16. The average Bonchev–Trinajstić information content (AvgIpc) is 2.30. The van der Waals surface area contributed by atoms with Crippen LogP contribution in [0.25, 0.3) is 0 Å². The predicted octanol–water partition coefficient (Wildman–Crippen LogP) is 2.68. The van der Waals surface area contributed by atoms with Crippen LogP contribution in [0, 0.1) is 5.82 Å². The molecule has 94 valence electrons. The van der Waals surface area contributed by atoms with E-state index in [1.54, 1.807) is 0 Å². The molecule has 1 aromatic carbocycles. The molecule has 0 radical (unpaired) electrons. The fraction of sp³-hybridized carbons (Fsp3) is 0.364. The first-order valence-corrected chi connectivity index (χ1v) is 5.14. The van der Waals surface area contributed by atoms with Gasteiger partial charge in [-0.15, -0.1) is 0 Å². The quantitative estimate of drug-likeness (QED) is 0.906. The van der Waals surface area contributed by atoms with E-state index in [9.17, 15) is 9.18 Å². The van der Waals surface area contributed by atoms with Gasteiger partial charge in [0, 0.05) is 5.56 Å². The maximum atomic E-state index is 13.6. The lowest BCUT2D eigenvalue weighted by atomic mass is 9.99. The van der Waals surface area contributed by atoms with Crippen molar-refractivity contribution < 1.29 is 23.8 Å². The summed E-state index contributed by atoms with van der Waals surface area (Å²) < 4.78 is 23.4. The van der Waals surface area contributed by atoms with Gasteiger partial charge in [-0.2, -0.15) is 0 Å². The molecule has 1 rings (SSSR count). The second-order valence-electron chi connectivity index (χ2n) is 3.39. The SMILES string of the molecule is COc1c(C(C)C(=O)O)cc(Cl)c(F)c1OC. The van der Waals surface area contributed by atoms with Crippen LogP contribution < -0.4 is 9.47 Å². The van der Waals surface area contributed by atoms with Crippen molar-refractivity contribution in [3.8, 4) is 11.5 Å². The Kier molecular flexibility index (Phi) is 4.17. The van der Waals surface area contributed by atoms with Crippen molar-refractivity contribution in [2.24, 2.45) is 0 Å². The van der Waals surface area contributed by atoms with Gasteiger partial charge in [0.1, 0.15) is 0 Å². The van der Waals surface area contributed by atoms with Gasteiger partial charge in [-0.05, 0) is 13.0 Å². The van der Waals surface area contributed by atoms with Gasteiger partial charge in [-0.3, -0.25) is 4.79 Å². The summed E-state index contributed by atoms with van der Waals surface area (Å²) in [6.45, 7) is 1.45. The molecule has 0 saturated heterocycles. The van der Waals surface area contributed by atoms with Gasteiger partial charge < -0.3 is 14.6 Å². The lowest BCUT2D eigenvalue weighted by molar-refractivity contribution is -0.138. The zero-order valence-electron chi connectivity index (χ0n) is 9.58. The number of halogens is 2. The number of carbonyl (C=O) groups is 1. The molecule has 1 aromatic rings. The number of ether oxygens (including phenoxy) is 2. The second-order valence-corrected chi connectivity index (χ2v) is 3.80. The molecule has 1 atom stereocenters. The van der Waals surface area contributed by atoms with Crippen molar-refractivity contribution in [2.45, 2.75) is 12.8 Å². The van der Waals surface area contributed by atoms with E-state index in [4.69, 9.17) is 26.2 Å². The van der Waals surface area contributed by atoms with Crippen LogP contribution in [0.4, 0.5) is 4.39 Å². The number of methoxy groups -OCH3 is 2. The van der Waals surface area contributed by atoms with Gasteiger partial charge >= 0.3 is 5.97 Å². The third-order valence-corrected chi connectivity index (χ3v) is 2.68. The Morgan fingerprint density at radius 1 is 1.41 bits per heavy atom. The standard InChI is InChI=1S/C11H12ClFO4/c1-5(11(14)15)6-4-7(12)8(13)10(17-3)9(6)16-2/h4-5H,1-3H3,(H,14,15). The van der Waals surface area contributed by atoms with Crippen molar-refractivity contribution in [1.29, 1.82) is 0 Å². The molecule has 0 aliphatic carbocycles. The minimum atomic E-state index is -1.06. The summed E-state index contributed by atoms with van der Waals surface area (Å²) in [5.41, 5.74) is 0.267. The molecule has 0 fully saturated rings.